The summed E-state index contributed by atoms with van der Waals surface area (Å²) in [7, 11) is 0. The Bertz CT molecular complexity index is 225. The molecule has 0 aliphatic rings. The van der Waals surface area contributed by atoms with Gasteiger partial charge in [0, 0.05) is 6.54 Å². The highest BCUT2D eigenvalue weighted by Crippen LogP contribution is 1.81. The van der Waals surface area contributed by atoms with Gasteiger partial charge in [-0.2, -0.15) is 0 Å². The third-order valence-electron chi connectivity index (χ3n) is 1.73. The van der Waals surface area contributed by atoms with Gasteiger partial charge in [-0.25, -0.2) is 0 Å². The van der Waals surface area contributed by atoms with Gasteiger partial charge in [-0.05, 0) is 6.42 Å². The molecule has 0 aliphatic carbocycles. The van der Waals surface area contributed by atoms with Crippen molar-refractivity contribution in [2.75, 3.05) is 46.2 Å². The molecule has 0 radical (unpaired) electrons. The van der Waals surface area contributed by atoms with E-state index < -0.39 is 0 Å². The Morgan fingerprint density at radius 1 is 1.18 bits per heavy atom. The summed E-state index contributed by atoms with van der Waals surface area (Å²) in [5, 5.41) is 2.71. The molecule has 0 aromatic heterocycles. The Morgan fingerprint density at radius 3 is 2.47 bits per heavy atom. The van der Waals surface area contributed by atoms with E-state index in [1.807, 2.05) is 6.92 Å². The van der Waals surface area contributed by atoms with Gasteiger partial charge in [0.1, 0.15) is 13.2 Å². The molecule has 0 aromatic carbocycles. The maximum atomic E-state index is 11.1. The van der Waals surface area contributed by atoms with Crippen LogP contribution in [-0.4, -0.2) is 52.1 Å². The largest absolute Gasteiger partial charge is 0.377 e. The SMILES string of the molecule is C#CCOCCOCCOCC(=O)NCCC. The molecule has 0 fully saturated rings. The van der Waals surface area contributed by atoms with E-state index in [1.54, 1.807) is 0 Å². The zero-order valence-corrected chi connectivity index (χ0v) is 10.4. The number of terminal acetylenes is 1. The van der Waals surface area contributed by atoms with E-state index >= 15 is 0 Å². The van der Waals surface area contributed by atoms with Crippen molar-refractivity contribution in [3.8, 4) is 12.3 Å². The number of hydrogen-bond donors (Lipinski definition) is 1. The Hall–Kier alpha value is -1.09. The molecule has 5 heteroatoms. The molecule has 0 heterocycles. The van der Waals surface area contributed by atoms with Gasteiger partial charge in [0.2, 0.25) is 5.91 Å². The van der Waals surface area contributed by atoms with Gasteiger partial charge in [-0.1, -0.05) is 12.8 Å². The number of hydrogen-bond acceptors (Lipinski definition) is 4. The van der Waals surface area contributed by atoms with Gasteiger partial charge in [0.15, 0.2) is 0 Å². The molecule has 0 aliphatic heterocycles. The molecule has 0 saturated heterocycles. The van der Waals surface area contributed by atoms with E-state index in [0.29, 0.717) is 39.6 Å². The van der Waals surface area contributed by atoms with Crippen LogP contribution in [0, 0.1) is 12.3 Å². The molecule has 1 N–H and O–H groups in total. The van der Waals surface area contributed by atoms with Crippen molar-refractivity contribution in [3.63, 3.8) is 0 Å². The Labute approximate surface area is 103 Å². The van der Waals surface area contributed by atoms with Crippen LogP contribution in [0.5, 0.6) is 0 Å². The van der Waals surface area contributed by atoms with Crippen LogP contribution in [0.1, 0.15) is 13.3 Å². The fourth-order valence-electron chi connectivity index (χ4n) is 0.949. The predicted molar refractivity (Wildman–Crippen MR) is 64.6 cm³/mol. The molecule has 0 atom stereocenters. The topological polar surface area (TPSA) is 56.8 Å². The van der Waals surface area contributed by atoms with Gasteiger partial charge >= 0.3 is 0 Å². The number of carbonyl (C=O) groups is 1. The van der Waals surface area contributed by atoms with Crippen LogP contribution < -0.4 is 5.32 Å². The third kappa shape index (κ3) is 12.8. The summed E-state index contributed by atoms with van der Waals surface area (Å²) in [6, 6.07) is 0. The smallest absolute Gasteiger partial charge is 0.245 e. The Morgan fingerprint density at radius 2 is 1.82 bits per heavy atom. The van der Waals surface area contributed by atoms with Crippen LogP contribution in [0.2, 0.25) is 0 Å². The standard InChI is InChI=1S/C12H21NO4/c1-3-5-13-12(14)11-17-10-9-16-8-7-15-6-4-2/h2H,3,5-11H2,1H3,(H,13,14). The first-order valence-corrected chi connectivity index (χ1v) is 5.74. The highest BCUT2D eigenvalue weighted by atomic mass is 16.5. The van der Waals surface area contributed by atoms with Gasteiger partial charge in [0.05, 0.1) is 26.4 Å². The summed E-state index contributed by atoms with van der Waals surface area (Å²) in [6.07, 6.45) is 5.92. The van der Waals surface area contributed by atoms with Crippen LogP contribution >= 0.6 is 0 Å². The second-order valence-corrected chi connectivity index (χ2v) is 3.27. The second kappa shape index (κ2) is 13.0. The molecular formula is C12H21NO4. The lowest BCUT2D eigenvalue weighted by Crippen LogP contribution is -2.28. The molecule has 0 spiro atoms. The molecule has 5 nitrogen and oxygen atoms in total. The van der Waals surface area contributed by atoms with E-state index in [9.17, 15) is 4.79 Å². The molecule has 0 rings (SSSR count). The minimum Gasteiger partial charge on any atom is -0.377 e. The van der Waals surface area contributed by atoms with Gasteiger partial charge in [0.25, 0.3) is 0 Å². The minimum atomic E-state index is -0.0933. The summed E-state index contributed by atoms with van der Waals surface area (Å²) in [6.45, 7) is 4.86. The number of amides is 1. The summed E-state index contributed by atoms with van der Waals surface area (Å²) >= 11 is 0. The maximum absolute atomic E-state index is 11.1. The lowest BCUT2D eigenvalue weighted by Gasteiger charge is -2.06. The molecule has 0 aromatic rings. The van der Waals surface area contributed by atoms with Crippen molar-refractivity contribution in [3.05, 3.63) is 0 Å². The molecule has 17 heavy (non-hydrogen) atoms. The zero-order valence-electron chi connectivity index (χ0n) is 10.4. The monoisotopic (exact) mass is 243 g/mol. The Balaban J connectivity index is 3.08. The summed E-state index contributed by atoms with van der Waals surface area (Å²) in [4.78, 5) is 11.1. The van der Waals surface area contributed by atoms with Gasteiger partial charge in [-0.3, -0.25) is 4.79 Å². The highest BCUT2D eigenvalue weighted by molar-refractivity contribution is 5.77. The van der Waals surface area contributed by atoms with Crippen LogP contribution in [0.4, 0.5) is 0 Å². The highest BCUT2D eigenvalue weighted by Gasteiger charge is 1.99. The van der Waals surface area contributed by atoms with E-state index in [2.05, 4.69) is 11.2 Å². The van der Waals surface area contributed by atoms with E-state index in [0.717, 1.165) is 6.42 Å². The summed E-state index contributed by atoms with van der Waals surface area (Å²) in [5.41, 5.74) is 0. The molecule has 0 saturated carbocycles. The quantitative estimate of drug-likeness (QED) is 0.416. The lowest BCUT2D eigenvalue weighted by atomic mass is 10.5. The summed E-state index contributed by atoms with van der Waals surface area (Å²) < 4.78 is 15.3. The fourth-order valence-corrected chi connectivity index (χ4v) is 0.949. The maximum Gasteiger partial charge on any atom is 0.245 e. The second-order valence-electron chi connectivity index (χ2n) is 3.27. The number of ether oxygens (including phenoxy) is 3. The first kappa shape index (κ1) is 15.9. The van der Waals surface area contributed by atoms with Gasteiger partial charge in [-0.15, -0.1) is 6.42 Å². The average Bonchev–Trinajstić information content (AvgIpc) is 2.34. The van der Waals surface area contributed by atoms with Crippen LogP contribution in [0.3, 0.4) is 0 Å². The van der Waals surface area contributed by atoms with Crippen molar-refractivity contribution >= 4 is 5.91 Å². The molecule has 0 unspecified atom stereocenters. The molecule has 0 bridgehead atoms. The third-order valence-corrected chi connectivity index (χ3v) is 1.73. The van der Waals surface area contributed by atoms with Crippen molar-refractivity contribution < 1.29 is 19.0 Å². The van der Waals surface area contributed by atoms with Crippen LogP contribution in [0.15, 0.2) is 0 Å². The fraction of sp³-hybridized carbons (Fsp3) is 0.750. The molecular weight excluding hydrogens is 222 g/mol. The number of carbonyl (C=O) groups excluding carboxylic acids is 1. The van der Waals surface area contributed by atoms with Crippen molar-refractivity contribution in [2.24, 2.45) is 0 Å². The van der Waals surface area contributed by atoms with Gasteiger partial charge < -0.3 is 19.5 Å². The zero-order chi connectivity index (χ0) is 12.8. The van der Waals surface area contributed by atoms with E-state index in [-0.39, 0.29) is 12.5 Å². The van der Waals surface area contributed by atoms with E-state index in [4.69, 9.17) is 20.6 Å². The van der Waals surface area contributed by atoms with Crippen molar-refractivity contribution in [1.29, 1.82) is 0 Å². The summed E-state index contributed by atoms with van der Waals surface area (Å²) in [5.74, 6) is 2.27. The average molecular weight is 243 g/mol. The molecule has 1 amide bonds. The normalized spacial score (nSPS) is 9.88. The number of nitrogens with one attached hydrogen (secondary N) is 1. The first-order chi connectivity index (χ1) is 8.31. The number of rotatable bonds is 11. The van der Waals surface area contributed by atoms with Crippen LogP contribution in [0.25, 0.3) is 0 Å². The lowest BCUT2D eigenvalue weighted by molar-refractivity contribution is -0.126. The first-order valence-electron chi connectivity index (χ1n) is 5.74. The minimum absolute atomic E-state index is 0.0803. The van der Waals surface area contributed by atoms with Crippen LogP contribution in [-0.2, 0) is 19.0 Å². The van der Waals surface area contributed by atoms with Crippen molar-refractivity contribution in [1.82, 2.24) is 5.32 Å². The van der Waals surface area contributed by atoms with Crippen molar-refractivity contribution in [2.45, 2.75) is 13.3 Å². The molecule has 98 valence electrons. The predicted octanol–water partition coefficient (Wildman–Crippen LogP) is 0.196. The Kier molecular flexibility index (Phi) is 12.1. The van der Waals surface area contributed by atoms with E-state index in [1.165, 1.54) is 0 Å².